The van der Waals surface area contributed by atoms with Crippen LogP contribution in [0.1, 0.15) is 26.3 Å². The molecule has 20 heavy (non-hydrogen) atoms. The number of benzene rings is 1. The molecule has 1 aliphatic rings. The number of aromatic hydroxyl groups is 1. The summed E-state index contributed by atoms with van der Waals surface area (Å²) >= 11 is 0. The van der Waals surface area contributed by atoms with Crippen molar-refractivity contribution in [2.75, 3.05) is 25.0 Å². The molecule has 0 aliphatic carbocycles. The van der Waals surface area contributed by atoms with E-state index in [4.69, 9.17) is 0 Å². The second-order valence-corrected chi connectivity index (χ2v) is 6.00. The number of nitrogens with zero attached hydrogens (tertiary/aromatic N) is 1. The Hall–Kier alpha value is -1.55. The van der Waals surface area contributed by atoms with Crippen LogP contribution in [-0.4, -0.2) is 35.5 Å². The molecule has 2 rings (SSSR count). The number of phenolic OH excluding ortho intramolecular Hbond substituents is 1. The second-order valence-electron chi connectivity index (χ2n) is 6.00. The van der Waals surface area contributed by atoms with Crippen LogP contribution >= 0.6 is 0 Å². The van der Waals surface area contributed by atoms with Crippen molar-refractivity contribution in [3.05, 3.63) is 23.8 Å². The largest absolute Gasteiger partial charge is 0.506 e. The van der Waals surface area contributed by atoms with Crippen LogP contribution in [0.15, 0.2) is 18.2 Å². The summed E-state index contributed by atoms with van der Waals surface area (Å²) in [6.07, 6.45) is 0.937. The Morgan fingerprint density at radius 3 is 2.60 bits per heavy atom. The minimum Gasteiger partial charge on any atom is -0.506 e. The van der Waals surface area contributed by atoms with Gasteiger partial charge in [0, 0.05) is 26.6 Å². The fourth-order valence-electron chi connectivity index (χ4n) is 2.75. The van der Waals surface area contributed by atoms with Gasteiger partial charge < -0.3 is 15.3 Å². The molecule has 1 aromatic rings. The molecule has 0 radical (unpaired) electrons. The molecule has 110 valence electrons. The summed E-state index contributed by atoms with van der Waals surface area (Å²) in [5.41, 5.74) is 1.64. The quantitative estimate of drug-likeness (QED) is 0.831. The van der Waals surface area contributed by atoms with E-state index in [1.165, 1.54) is 6.92 Å². The summed E-state index contributed by atoms with van der Waals surface area (Å²) in [5, 5.41) is 12.4. The molecule has 1 aromatic carbocycles. The van der Waals surface area contributed by atoms with Crippen LogP contribution in [0.25, 0.3) is 0 Å². The lowest BCUT2D eigenvalue weighted by Gasteiger charge is -2.16. The standard InChI is InChI=1S/C16H24N2O2/c1-11-9-18(10-12(11)2)7-6-14-4-5-16(20)15(8-14)17-13(3)19/h4-5,8,11-12,20H,6-7,9-10H2,1-3H3,(H,17,19). The Bertz CT molecular complexity index is 477. The van der Waals surface area contributed by atoms with E-state index in [2.05, 4.69) is 24.1 Å². The van der Waals surface area contributed by atoms with Crippen molar-refractivity contribution in [2.24, 2.45) is 11.8 Å². The van der Waals surface area contributed by atoms with Crippen LogP contribution in [0.4, 0.5) is 5.69 Å². The molecule has 1 amide bonds. The minimum absolute atomic E-state index is 0.118. The lowest BCUT2D eigenvalue weighted by atomic mass is 10.0. The molecule has 0 spiro atoms. The molecule has 2 unspecified atom stereocenters. The van der Waals surface area contributed by atoms with Crippen molar-refractivity contribution < 1.29 is 9.90 Å². The van der Waals surface area contributed by atoms with Crippen molar-refractivity contribution in [3.63, 3.8) is 0 Å². The van der Waals surface area contributed by atoms with Gasteiger partial charge in [0.15, 0.2) is 0 Å². The van der Waals surface area contributed by atoms with Gasteiger partial charge in [-0.2, -0.15) is 0 Å². The number of hydrogen-bond donors (Lipinski definition) is 2. The molecule has 0 aromatic heterocycles. The molecule has 2 atom stereocenters. The Morgan fingerprint density at radius 2 is 2.00 bits per heavy atom. The van der Waals surface area contributed by atoms with Crippen molar-refractivity contribution in [3.8, 4) is 5.75 Å². The summed E-state index contributed by atoms with van der Waals surface area (Å²) in [4.78, 5) is 13.6. The highest BCUT2D eigenvalue weighted by atomic mass is 16.3. The fourth-order valence-corrected chi connectivity index (χ4v) is 2.75. The number of likely N-dealkylation sites (tertiary alicyclic amines) is 1. The van der Waals surface area contributed by atoms with E-state index in [0.29, 0.717) is 5.69 Å². The number of hydrogen-bond acceptors (Lipinski definition) is 3. The summed E-state index contributed by atoms with van der Waals surface area (Å²) in [6, 6.07) is 5.43. The van der Waals surface area contributed by atoms with Crippen LogP contribution in [0.2, 0.25) is 0 Å². The van der Waals surface area contributed by atoms with Crippen LogP contribution < -0.4 is 5.32 Å². The van der Waals surface area contributed by atoms with Gasteiger partial charge in [0.2, 0.25) is 5.91 Å². The van der Waals surface area contributed by atoms with E-state index in [1.54, 1.807) is 6.07 Å². The van der Waals surface area contributed by atoms with Crippen molar-refractivity contribution in [1.82, 2.24) is 4.90 Å². The lowest BCUT2D eigenvalue weighted by molar-refractivity contribution is -0.114. The number of carbonyl (C=O) groups is 1. The summed E-state index contributed by atoms with van der Waals surface area (Å²) in [5.74, 6) is 1.49. The first-order valence-corrected chi connectivity index (χ1v) is 7.27. The van der Waals surface area contributed by atoms with Gasteiger partial charge in [-0.25, -0.2) is 0 Å². The van der Waals surface area contributed by atoms with Gasteiger partial charge in [0.1, 0.15) is 5.75 Å². The summed E-state index contributed by atoms with van der Waals surface area (Å²) in [6.45, 7) is 9.41. The number of rotatable bonds is 4. The maximum atomic E-state index is 11.1. The minimum atomic E-state index is -0.167. The number of carbonyl (C=O) groups excluding carboxylic acids is 1. The van der Waals surface area contributed by atoms with Gasteiger partial charge in [-0.3, -0.25) is 4.79 Å². The average Bonchev–Trinajstić information content (AvgIpc) is 2.69. The van der Waals surface area contributed by atoms with Gasteiger partial charge in [-0.05, 0) is 36.0 Å². The van der Waals surface area contributed by atoms with E-state index in [-0.39, 0.29) is 11.7 Å². The summed E-state index contributed by atoms with van der Waals surface area (Å²) in [7, 11) is 0. The monoisotopic (exact) mass is 276 g/mol. The molecule has 1 fully saturated rings. The first kappa shape index (κ1) is 14.9. The Morgan fingerprint density at radius 1 is 1.35 bits per heavy atom. The number of phenols is 1. The smallest absolute Gasteiger partial charge is 0.221 e. The highest BCUT2D eigenvalue weighted by molar-refractivity contribution is 5.90. The first-order chi connectivity index (χ1) is 9.45. The first-order valence-electron chi connectivity index (χ1n) is 7.27. The average molecular weight is 276 g/mol. The Balaban J connectivity index is 1.94. The predicted octanol–water partition coefficient (Wildman–Crippen LogP) is 2.48. The molecular formula is C16H24N2O2. The van der Waals surface area contributed by atoms with E-state index < -0.39 is 0 Å². The van der Waals surface area contributed by atoms with Gasteiger partial charge in [-0.15, -0.1) is 0 Å². The normalized spacial score (nSPS) is 22.9. The van der Waals surface area contributed by atoms with Gasteiger partial charge >= 0.3 is 0 Å². The SMILES string of the molecule is CC(=O)Nc1cc(CCN2CC(C)C(C)C2)ccc1O. The van der Waals surface area contributed by atoms with Crippen molar-refractivity contribution in [1.29, 1.82) is 0 Å². The zero-order chi connectivity index (χ0) is 14.7. The van der Waals surface area contributed by atoms with E-state index in [1.807, 2.05) is 12.1 Å². The lowest BCUT2D eigenvalue weighted by Crippen LogP contribution is -2.23. The van der Waals surface area contributed by atoms with Crippen LogP contribution in [0, 0.1) is 11.8 Å². The number of anilines is 1. The van der Waals surface area contributed by atoms with Crippen LogP contribution in [0.3, 0.4) is 0 Å². The van der Waals surface area contributed by atoms with E-state index in [9.17, 15) is 9.90 Å². The fraction of sp³-hybridized carbons (Fsp3) is 0.562. The third kappa shape index (κ3) is 3.73. The molecule has 4 heteroatoms. The number of nitrogens with one attached hydrogen (secondary N) is 1. The van der Waals surface area contributed by atoms with Crippen molar-refractivity contribution >= 4 is 11.6 Å². The molecule has 1 heterocycles. The predicted molar refractivity (Wildman–Crippen MR) is 80.9 cm³/mol. The third-order valence-corrected chi connectivity index (χ3v) is 4.15. The maximum Gasteiger partial charge on any atom is 0.221 e. The van der Waals surface area contributed by atoms with Crippen LogP contribution in [-0.2, 0) is 11.2 Å². The maximum absolute atomic E-state index is 11.1. The topological polar surface area (TPSA) is 52.6 Å². The zero-order valence-electron chi connectivity index (χ0n) is 12.5. The third-order valence-electron chi connectivity index (χ3n) is 4.15. The van der Waals surface area contributed by atoms with Crippen LogP contribution in [0.5, 0.6) is 5.75 Å². The van der Waals surface area contributed by atoms with E-state index in [0.717, 1.165) is 43.5 Å². The molecular weight excluding hydrogens is 252 g/mol. The molecule has 1 saturated heterocycles. The Labute approximate surface area is 120 Å². The molecule has 0 bridgehead atoms. The molecule has 4 nitrogen and oxygen atoms in total. The van der Waals surface area contributed by atoms with E-state index >= 15 is 0 Å². The molecule has 1 aliphatic heterocycles. The van der Waals surface area contributed by atoms with Gasteiger partial charge in [0.05, 0.1) is 5.69 Å². The number of amides is 1. The Kier molecular flexibility index (Phi) is 4.65. The highest BCUT2D eigenvalue weighted by Gasteiger charge is 2.25. The highest BCUT2D eigenvalue weighted by Crippen LogP contribution is 2.26. The second kappa shape index (κ2) is 6.27. The van der Waals surface area contributed by atoms with Gasteiger partial charge in [0.25, 0.3) is 0 Å². The zero-order valence-corrected chi connectivity index (χ0v) is 12.5. The summed E-state index contributed by atoms with van der Waals surface area (Å²) < 4.78 is 0. The van der Waals surface area contributed by atoms with Crippen molar-refractivity contribution in [2.45, 2.75) is 27.2 Å². The molecule has 0 saturated carbocycles. The van der Waals surface area contributed by atoms with Gasteiger partial charge in [-0.1, -0.05) is 19.9 Å². The molecule has 2 N–H and O–H groups in total.